The van der Waals surface area contributed by atoms with E-state index in [9.17, 15) is 10.2 Å². The largest absolute Gasteiger partial charge is 0.569 e. The molecule has 11 rings (SSSR count). The molecule has 307 valence electrons. The summed E-state index contributed by atoms with van der Waals surface area (Å²) in [5.41, 5.74) is 3.65. The molecule has 0 aromatic heterocycles. The molecule has 1 radical (unpaired) electrons. The molecule has 0 aliphatic heterocycles. The van der Waals surface area contributed by atoms with E-state index in [4.69, 9.17) is 10.1 Å². The Morgan fingerprint density at radius 3 is 1.00 bits per heavy atom. The van der Waals surface area contributed by atoms with Crippen LogP contribution in [0.2, 0.25) is 0 Å². The van der Waals surface area contributed by atoms with Crippen molar-refractivity contribution in [3.8, 4) is 45.3 Å². The molecule has 0 spiro atoms. The Hall–Kier alpha value is -6.84. The maximum absolute atomic E-state index is 10.6. The van der Waals surface area contributed by atoms with Crippen molar-refractivity contribution in [1.29, 1.82) is 0 Å². The van der Waals surface area contributed by atoms with Gasteiger partial charge in [0, 0.05) is 20.1 Å². The highest BCUT2D eigenvalue weighted by molar-refractivity contribution is 9.11. The molecule has 5 nitrogen and oxygen atoms in total. The van der Waals surface area contributed by atoms with Crippen molar-refractivity contribution in [2.24, 2.45) is 0 Å². The summed E-state index contributed by atoms with van der Waals surface area (Å²) in [6, 6.07) is 63.8. The number of benzene rings is 11. The fourth-order valence-electron chi connectivity index (χ4n) is 8.28. The number of para-hydroxylation sites is 4. The van der Waals surface area contributed by atoms with Gasteiger partial charge in [-0.2, -0.15) is 0 Å². The summed E-state index contributed by atoms with van der Waals surface area (Å²) in [6.07, 6.45) is 0. The van der Waals surface area contributed by atoms with Gasteiger partial charge in [-0.1, -0.05) is 185 Å². The Bertz CT molecular complexity index is 3260. The molecule has 0 unspecified atom stereocenters. The van der Waals surface area contributed by atoms with E-state index in [0.29, 0.717) is 7.69 Å². The highest BCUT2D eigenvalue weighted by atomic mass is 79.9. The molecular formula is C55H40BBr2O5. The second-order valence-corrected chi connectivity index (χ2v) is 16.4. The molecule has 11 aromatic carbocycles. The molecule has 0 saturated carbocycles. The maximum atomic E-state index is 10.6. The van der Waals surface area contributed by atoms with E-state index in [-0.39, 0.29) is 30.4 Å². The minimum atomic E-state index is 0. The van der Waals surface area contributed by atoms with E-state index in [1.807, 2.05) is 60.7 Å². The van der Waals surface area contributed by atoms with Gasteiger partial charge in [-0.25, -0.2) is 0 Å². The molecule has 0 fully saturated rings. The fourth-order valence-corrected chi connectivity index (χ4v) is 9.43. The summed E-state index contributed by atoms with van der Waals surface area (Å²) < 4.78 is 6.81. The molecule has 0 aliphatic carbocycles. The number of fused-ring (bicyclic) bond motifs is 10. The third kappa shape index (κ3) is 8.29. The van der Waals surface area contributed by atoms with Crippen LogP contribution in [0.15, 0.2) is 203 Å². The lowest BCUT2D eigenvalue weighted by molar-refractivity contribution is 0.410. The van der Waals surface area contributed by atoms with Crippen LogP contribution in [0.3, 0.4) is 0 Å². The molecule has 0 heterocycles. The van der Waals surface area contributed by atoms with Crippen LogP contribution in [0, 0.1) is 0 Å². The SMILES string of the molecule is Brc1cc2c3ccccc3c(Br)cc2c2ccccc12.C.O[B]Oc1ccccc1O.Oc1ccccc1-c1cc2c3ccccc3c(-c3ccccc3O)cc2c2ccccc12. The summed E-state index contributed by atoms with van der Waals surface area (Å²) in [4.78, 5) is 0. The van der Waals surface area contributed by atoms with Gasteiger partial charge >= 0.3 is 7.69 Å². The Morgan fingerprint density at radius 1 is 0.317 bits per heavy atom. The second-order valence-electron chi connectivity index (χ2n) is 14.7. The maximum Gasteiger partial charge on any atom is 0.569 e. The van der Waals surface area contributed by atoms with Crippen LogP contribution >= 0.6 is 31.9 Å². The smallest absolute Gasteiger partial charge is 0.535 e. The molecular weight excluding hydrogens is 911 g/mol. The van der Waals surface area contributed by atoms with Crippen LogP contribution in [0.5, 0.6) is 23.0 Å². The first-order valence-corrected chi connectivity index (χ1v) is 21.4. The predicted octanol–water partition coefficient (Wildman–Crippen LogP) is 15.5. The number of rotatable bonds is 4. The summed E-state index contributed by atoms with van der Waals surface area (Å²) in [5, 5.41) is 52.7. The highest BCUT2D eigenvalue weighted by Gasteiger charge is 2.17. The zero-order valence-electron chi connectivity index (χ0n) is 33.0. The average Bonchev–Trinajstić information content (AvgIpc) is 3.31. The van der Waals surface area contributed by atoms with Crippen molar-refractivity contribution < 1.29 is 25.0 Å². The van der Waals surface area contributed by atoms with E-state index >= 15 is 0 Å². The Morgan fingerprint density at radius 2 is 0.619 bits per heavy atom. The first-order valence-electron chi connectivity index (χ1n) is 19.8. The first-order chi connectivity index (χ1) is 30.3. The van der Waals surface area contributed by atoms with Crippen molar-refractivity contribution in [3.05, 3.63) is 203 Å². The molecule has 0 saturated heterocycles. The molecule has 0 atom stereocenters. The lowest BCUT2D eigenvalue weighted by Gasteiger charge is -2.16. The number of halogens is 2. The van der Waals surface area contributed by atoms with Crippen molar-refractivity contribution in [1.82, 2.24) is 0 Å². The van der Waals surface area contributed by atoms with Gasteiger partial charge in [0.25, 0.3) is 0 Å². The van der Waals surface area contributed by atoms with Crippen LogP contribution < -0.4 is 4.65 Å². The summed E-state index contributed by atoms with van der Waals surface area (Å²) in [6.45, 7) is 0. The third-order valence-corrected chi connectivity index (χ3v) is 12.4. The van der Waals surface area contributed by atoms with Crippen molar-refractivity contribution in [2.45, 2.75) is 7.43 Å². The van der Waals surface area contributed by atoms with Gasteiger partial charge in [-0.05, 0) is 124 Å². The number of aromatic hydroxyl groups is 3. The predicted molar refractivity (Wildman–Crippen MR) is 271 cm³/mol. The summed E-state index contributed by atoms with van der Waals surface area (Å²) in [7, 11) is 0.523. The average molecular weight is 952 g/mol. The van der Waals surface area contributed by atoms with Gasteiger partial charge in [-0.15, -0.1) is 0 Å². The van der Waals surface area contributed by atoms with Gasteiger partial charge in [0.15, 0.2) is 5.75 Å². The minimum absolute atomic E-state index is 0. The van der Waals surface area contributed by atoms with E-state index < -0.39 is 0 Å². The van der Waals surface area contributed by atoms with E-state index in [1.54, 1.807) is 30.3 Å². The van der Waals surface area contributed by atoms with Crippen LogP contribution in [0.1, 0.15) is 7.43 Å². The zero-order valence-corrected chi connectivity index (χ0v) is 36.2. The van der Waals surface area contributed by atoms with Crippen LogP contribution in [0.25, 0.3) is 86.9 Å². The Balaban J connectivity index is 0.000000149. The molecule has 0 bridgehead atoms. The molecule has 11 aromatic rings. The number of phenolic OH excluding ortho intramolecular Hbond substituents is 3. The molecule has 63 heavy (non-hydrogen) atoms. The lowest BCUT2D eigenvalue weighted by Crippen LogP contribution is -1.99. The van der Waals surface area contributed by atoms with E-state index in [1.165, 1.54) is 38.4 Å². The van der Waals surface area contributed by atoms with Gasteiger partial charge in [0.1, 0.15) is 17.2 Å². The molecule has 0 aliphatic rings. The number of phenols is 3. The zero-order chi connectivity index (χ0) is 42.7. The lowest BCUT2D eigenvalue weighted by atomic mass is 9.87. The Kier molecular flexibility index (Phi) is 12.7. The fraction of sp³-hybridized carbons (Fsp3) is 0.0182. The van der Waals surface area contributed by atoms with Crippen LogP contribution in [0.4, 0.5) is 0 Å². The summed E-state index contributed by atoms with van der Waals surface area (Å²) in [5.74, 6) is 0.789. The van der Waals surface area contributed by atoms with E-state index in [2.05, 4.69) is 134 Å². The van der Waals surface area contributed by atoms with Crippen molar-refractivity contribution in [2.75, 3.05) is 0 Å². The second kappa shape index (κ2) is 18.6. The molecule has 4 N–H and O–H groups in total. The van der Waals surface area contributed by atoms with Gasteiger partial charge in [-0.3, -0.25) is 0 Å². The normalized spacial score (nSPS) is 10.8. The number of hydrogen-bond acceptors (Lipinski definition) is 5. The van der Waals surface area contributed by atoms with Crippen LogP contribution in [-0.2, 0) is 0 Å². The van der Waals surface area contributed by atoms with E-state index in [0.717, 1.165) is 63.5 Å². The molecule has 8 heteroatoms. The standard InChI is InChI=1S/C30H20O2.C18H10Br2.C6H6BO3.CH4/c31-29-15-7-5-13-23(29)25-17-28-22-12-4-2-10-20(22)26(24-14-6-8-16-30(24)32)18-27(28)21-11-3-1-9-19(21)25;19-17-10-16-12-6-2-4-8-14(12)18(20)9-15(16)11-5-1-3-7-13(11)17;8-5-3-1-2-4-6(5)10-7-9;/h1-18,31-32H;1-10H;1-4,8-9H;1H4. The molecule has 0 amide bonds. The Labute approximate surface area is 382 Å². The van der Waals surface area contributed by atoms with Crippen molar-refractivity contribution >= 4 is 104 Å². The van der Waals surface area contributed by atoms with Gasteiger partial charge < -0.3 is 25.0 Å². The quantitative estimate of drug-likeness (QED) is 0.104. The van der Waals surface area contributed by atoms with Crippen LogP contribution in [-0.4, -0.2) is 28.0 Å². The summed E-state index contributed by atoms with van der Waals surface area (Å²) >= 11 is 7.42. The van der Waals surface area contributed by atoms with Crippen molar-refractivity contribution in [3.63, 3.8) is 0 Å². The monoisotopic (exact) mass is 949 g/mol. The number of hydrogen-bond donors (Lipinski definition) is 4. The first kappa shape index (κ1) is 42.8. The van der Waals surface area contributed by atoms with Gasteiger partial charge in [0.05, 0.1) is 0 Å². The minimum Gasteiger partial charge on any atom is -0.535 e. The highest BCUT2D eigenvalue weighted by Crippen LogP contribution is 2.45. The third-order valence-electron chi connectivity index (χ3n) is 11.1. The van der Waals surface area contributed by atoms with Gasteiger partial charge in [0.2, 0.25) is 0 Å². The topological polar surface area (TPSA) is 90.2 Å².